The van der Waals surface area contributed by atoms with Crippen molar-refractivity contribution in [3.05, 3.63) is 38.7 Å². The van der Waals surface area contributed by atoms with Crippen LogP contribution in [0.4, 0.5) is 0 Å². The van der Waals surface area contributed by atoms with Crippen molar-refractivity contribution in [2.75, 3.05) is 7.11 Å². The summed E-state index contributed by atoms with van der Waals surface area (Å²) in [6.45, 7) is 6.16. The molecule has 20 heavy (non-hydrogen) atoms. The van der Waals surface area contributed by atoms with Crippen molar-refractivity contribution in [3.8, 4) is 5.88 Å². The molecule has 0 saturated heterocycles. The lowest BCUT2D eigenvalue weighted by Crippen LogP contribution is -2.01. The molecule has 0 N–H and O–H groups in total. The smallest absolute Gasteiger partial charge is 0.348 e. The van der Waals surface area contributed by atoms with Crippen molar-refractivity contribution in [1.82, 2.24) is 10.2 Å². The fourth-order valence-electron chi connectivity index (χ4n) is 1.61. The van der Waals surface area contributed by atoms with Gasteiger partial charge in [0.15, 0.2) is 0 Å². The van der Waals surface area contributed by atoms with Crippen LogP contribution in [0.15, 0.2) is 12.1 Å². The second-order valence-electron chi connectivity index (χ2n) is 4.42. The summed E-state index contributed by atoms with van der Waals surface area (Å²) in [6, 6.07) is 3.64. The molecule has 106 valence electrons. The molecule has 0 spiro atoms. The van der Waals surface area contributed by atoms with E-state index in [-0.39, 0.29) is 5.97 Å². The van der Waals surface area contributed by atoms with E-state index >= 15 is 0 Å². The molecule has 0 radical (unpaired) electrons. The molecule has 0 aliphatic rings. The molecular weight excluding hydrogens is 276 g/mol. The minimum atomic E-state index is -0.324. The molecule has 0 fully saturated rings. The number of hydrogen-bond donors (Lipinski definition) is 0. The predicted molar refractivity (Wildman–Crippen MR) is 76.2 cm³/mol. The maximum absolute atomic E-state index is 11.5. The summed E-state index contributed by atoms with van der Waals surface area (Å²) in [7, 11) is 1.37. The number of esters is 1. The standard InChI is InChI=1S/C14H16N2O3S/c1-8-5-13(16-15-9(8)2)19-7-11-6-12(14(17)18-4)20-10(11)3/h5-6H,7H2,1-4H3. The lowest BCUT2D eigenvalue weighted by atomic mass is 10.2. The Hall–Kier alpha value is -1.95. The highest BCUT2D eigenvalue weighted by Gasteiger charge is 2.13. The number of hydrogen-bond acceptors (Lipinski definition) is 6. The largest absolute Gasteiger partial charge is 0.472 e. The molecule has 0 atom stereocenters. The number of aryl methyl sites for hydroxylation is 3. The lowest BCUT2D eigenvalue weighted by molar-refractivity contribution is 0.0606. The van der Waals surface area contributed by atoms with Crippen LogP contribution in [0.1, 0.15) is 31.4 Å². The van der Waals surface area contributed by atoms with E-state index < -0.39 is 0 Å². The third kappa shape index (κ3) is 3.14. The number of nitrogens with zero attached hydrogens (tertiary/aromatic N) is 2. The molecule has 0 aliphatic heterocycles. The van der Waals surface area contributed by atoms with Gasteiger partial charge in [-0.3, -0.25) is 0 Å². The average molecular weight is 292 g/mol. The first-order valence-electron chi connectivity index (χ1n) is 6.12. The summed E-state index contributed by atoms with van der Waals surface area (Å²) in [6.07, 6.45) is 0. The number of thiophene rings is 1. The number of rotatable bonds is 4. The van der Waals surface area contributed by atoms with Gasteiger partial charge in [0, 0.05) is 16.5 Å². The first-order valence-corrected chi connectivity index (χ1v) is 6.94. The second kappa shape index (κ2) is 6.00. The Balaban J connectivity index is 2.08. The predicted octanol–water partition coefficient (Wildman–Crippen LogP) is 2.83. The highest BCUT2D eigenvalue weighted by Crippen LogP contribution is 2.23. The summed E-state index contributed by atoms with van der Waals surface area (Å²) in [5.41, 5.74) is 2.87. The van der Waals surface area contributed by atoms with Crippen molar-refractivity contribution in [1.29, 1.82) is 0 Å². The monoisotopic (exact) mass is 292 g/mol. The van der Waals surface area contributed by atoms with Gasteiger partial charge in [0.1, 0.15) is 11.5 Å². The van der Waals surface area contributed by atoms with Gasteiger partial charge >= 0.3 is 5.97 Å². The van der Waals surface area contributed by atoms with E-state index in [2.05, 4.69) is 10.2 Å². The van der Waals surface area contributed by atoms with Crippen molar-refractivity contribution in [2.45, 2.75) is 27.4 Å². The molecule has 6 heteroatoms. The summed E-state index contributed by atoms with van der Waals surface area (Å²) in [5.74, 6) is 0.161. The van der Waals surface area contributed by atoms with Gasteiger partial charge in [0.25, 0.3) is 0 Å². The fraction of sp³-hybridized carbons (Fsp3) is 0.357. The molecule has 0 amide bonds. The van der Waals surface area contributed by atoms with Crippen molar-refractivity contribution >= 4 is 17.3 Å². The molecule has 2 rings (SSSR count). The van der Waals surface area contributed by atoms with Gasteiger partial charge in [0.2, 0.25) is 5.88 Å². The van der Waals surface area contributed by atoms with Gasteiger partial charge in [-0.05, 0) is 32.4 Å². The maximum Gasteiger partial charge on any atom is 0.348 e. The van der Waals surface area contributed by atoms with Gasteiger partial charge in [-0.2, -0.15) is 5.10 Å². The Morgan fingerprint density at radius 1 is 1.25 bits per heavy atom. The van der Waals surface area contributed by atoms with Crippen molar-refractivity contribution < 1.29 is 14.3 Å². The maximum atomic E-state index is 11.5. The third-order valence-corrected chi connectivity index (χ3v) is 4.06. The van der Waals surface area contributed by atoms with Gasteiger partial charge in [-0.1, -0.05) is 0 Å². The Bertz CT molecular complexity index is 637. The van der Waals surface area contributed by atoms with E-state index in [9.17, 15) is 4.79 Å². The topological polar surface area (TPSA) is 61.3 Å². The van der Waals surface area contributed by atoms with E-state index in [1.54, 1.807) is 6.07 Å². The van der Waals surface area contributed by atoms with Gasteiger partial charge in [0.05, 0.1) is 12.8 Å². The van der Waals surface area contributed by atoms with Crippen LogP contribution in [0.3, 0.4) is 0 Å². The summed E-state index contributed by atoms with van der Waals surface area (Å²) in [4.78, 5) is 13.1. The Kier molecular flexibility index (Phi) is 4.34. The molecule has 0 aliphatic carbocycles. The van der Waals surface area contributed by atoms with Crippen LogP contribution in [-0.4, -0.2) is 23.3 Å². The van der Waals surface area contributed by atoms with Crippen molar-refractivity contribution in [2.24, 2.45) is 0 Å². The van der Waals surface area contributed by atoms with Crippen LogP contribution in [-0.2, 0) is 11.3 Å². The van der Waals surface area contributed by atoms with Gasteiger partial charge < -0.3 is 9.47 Å². The molecule has 5 nitrogen and oxygen atoms in total. The van der Waals surface area contributed by atoms with E-state index in [0.717, 1.165) is 21.7 Å². The lowest BCUT2D eigenvalue weighted by Gasteiger charge is -2.05. The van der Waals surface area contributed by atoms with E-state index in [0.29, 0.717) is 17.4 Å². The van der Waals surface area contributed by atoms with E-state index in [4.69, 9.17) is 9.47 Å². The summed E-state index contributed by atoms with van der Waals surface area (Å²) >= 11 is 1.40. The molecule has 0 saturated carbocycles. The molecule has 0 unspecified atom stereocenters. The highest BCUT2D eigenvalue weighted by atomic mass is 32.1. The van der Waals surface area contributed by atoms with E-state index in [1.807, 2.05) is 26.8 Å². The van der Waals surface area contributed by atoms with Crippen molar-refractivity contribution in [3.63, 3.8) is 0 Å². The zero-order chi connectivity index (χ0) is 14.7. The Labute approximate surface area is 121 Å². The number of carbonyl (C=O) groups excluding carboxylic acids is 1. The molecule has 0 aromatic carbocycles. The normalized spacial score (nSPS) is 10.4. The second-order valence-corrected chi connectivity index (χ2v) is 5.68. The highest BCUT2D eigenvalue weighted by molar-refractivity contribution is 7.14. The summed E-state index contributed by atoms with van der Waals surface area (Å²) < 4.78 is 10.3. The Morgan fingerprint density at radius 2 is 2.00 bits per heavy atom. The van der Waals surface area contributed by atoms with Crippen LogP contribution in [0.2, 0.25) is 0 Å². The summed E-state index contributed by atoms with van der Waals surface area (Å²) in [5, 5.41) is 8.00. The average Bonchev–Trinajstić information content (AvgIpc) is 2.80. The number of aromatic nitrogens is 2. The zero-order valence-electron chi connectivity index (χ0n) is 11.9. The minimum absolute atomic E-state index is 0.324. The fourth-order valence-corrected chi connectivity index (χ4v) is 2.55. The van der Waals surface area contributed by atoms with Gasteiger partial charge in [-0.25, -0.2) is 4.79 Å². The quantitative estimate of drug-likeness (QED) is 0.811. The molecule has 2 aromatic rings. The first-order chi connectivity index (χ1) is 9.51. The van der Waals surface area contributed by atoms with Crippen LogP contribution >= 0.6 is 11.3 Å². The minimum Gasteiger partial charge on any atom is -0.472 e. The van der Waals surface area contributed by atoms with Gasteiger partial charge in [-0.15, -0.1) is 16.4 Å². The molecular formula is C14H16N2O3S. The SMILES string of the molecule is COC(=O)c1cc(COc2cc(C)c(C)nn2)c(C)s1. The third-order valence-electron chi connectivity index (χ3n) is 2.99. The number of methoxy groups -OCH3 is 1. The van der Waals surface area contributed by atoms with Crippen LogP contribution in [0.25, 0.3) is 0 Å². The Morgan fingerprint density at radius 3 is 2.65 bits per heavy atom. The van der Waals surface area contributed by atoms with Crippen LogP contribution in [0.5, 0.6) is 5.88 Å². The molecule has 0 bridgehead atoms. The number of carbonyl (C=O) groups is 1. The molecule has 2 aromatic heterocycles. The van der Waals surface area contributed by atoms with Crippen LogP contribution in [0, 0.1) is 20.8 Å². The first kappa shape index (κ1) is 14.5. The van der Waals surface area contributed by atoms with Crippen LogP contribution < -0.4 is 4.74 Å². The van der Waals surface area contributed by atoms with E-state index in [1.165, 1.54) is 18.4 Å². The zero-order valence-corrected chi connectivity index (χ0v) is 12.7. The molecule has 2 heterocycles. The number of ether oxygens (including phenoxy) is 2.